The fraction of sp³-hybridized carbons (Fsp3) is 0.571. The SMILES string of the molecule is CCCC1C2C(=O)N(CC(=O)Nc3ccc(F)cc3)C(=O)C2C(C)C12CC2. The van der Waals surface area contributed by atoms with Crippen molar-refractivity contribution in [2.75, 3.05) is 11.9 Å². The molecule has 4 rings (SSSR count). The smallest absolute Gasteiger partial charge is 0.244 e. The predicted octanol–water partition coefficient (Wildman–Crippen LogP) is 3.21. The second kappa shape index (κ2) is 6.43. The molecule has 2 aliphatic carbocycles. The van der Waals surface area contributed by atoms with E-state index in [0.29, 0.717) is 5.69 Å². The van der Waals surface area contributed by atoms with Crippen molar-refractivity contribution in [1.82, 2.24) is 4.90 Å². The van der Waals surface area contributed by atoms with E-state index in [4.69, 9.17) is 0 Å². The molecule has 1 heterocycles. The molecule has 0 bridgehead atoms. The van der Waals surface area contributed by atoms with Gasteiger partial charge in [0.05, 0.1) is 11.8 Å². The van der Waals surface area contributed by atoms with Crippen LogP contribution >= 0.6 is 0 Å². The Morgan fingerprint density at radius 1 is 1.19 bits per heavy atom. The first kappa shape index (κ1) is 18.1. The quantitative estimate of drug-likeness (QED) is 0.807. The minimum Gasteiger partial charge on any atom is -0.325 e. The molecule has 1 aromatic carbocycles. The van der Waals surface area contributed by atoms with E-state index in [1.165, 1.54) is 24.3 Å². The first-order valence-electron chi connectivity index (χ1n) is 9.79. The van der Waals surface area contributed by atoms with Crippen LogP contribution in [0.4, 0.5) is 10.1 Å². The van der Waals surface area contributed by atoms with Crippen molar-refractivity contribution in [3.05, 3.63) is 30.1 Å². The number of carbonyl (C=O) groups excluding carboxylic acids is 3. The standard InChI is InChI=1S/C21H25FN2O3/c1-3-4-15-18-17(12(2)21(15)9-10-21)19(26)24(20(18)27)11-16(25)23-14-7-5-13(22)6-8-14/h5-8,12,15,17-18H,3-4,9-11H2,1-2H3,(H,23,25). The maximum Gasteiger partial charge on any atom is 0.244 e. The molecular weight excluding hydrogens is 347 g/mol. The number of halogens is 1. The lowest BCUT2D eigenvalue weighted by Crippen LogP contribution is -2.41. The molecule has 27 heavy (non-hydrogen) atoms. The van der Waals surface area contributed by atoms with Crippen molar-refractivity contribution in [3.8, 4) is 0 Å². The highest BCUT2D eigenvalue weighted by Gasteiger charge is 2.70. The molecule has 144 valence electrons. The number of nitrogens with zero attached hydrogens (tertiary/aromatic N) is 1. The number of anilines is 1. The molecule has 1 saturated heterocycles. The zero-order valence-corrected chi connectivity index (χ0v) is 15.7. The van der Waals surface area contributed by atoms with Crippen molar-refractivity contribution >= 4 is 23.4 Å². The number of amides is 3. The predicted molar refractivity (Wildman–Crippen MR) is 98.0 cm³/mol. The molecule has 5 nitrogen and oxygen atoms in total. The summed E-state index contributed by atoms with van der Waals surface area (Å²) in [7, 11) is 0. The van der Waals surface area contributed by atoms with E-state index in [-0.39, 0.29) is 47.4 Å². The van der Waals surface area contributed by atoms with Crippen LogP contribution in [0.1, 0.15) is 39.5 Å². The highest BCUT2D eigenvalue weighted by Crippen LogP contribution is 2.70. The number of fused-ring (bicyclic) bond motifs is 1. The lowest BCUT2D eigenvalue weighted by Gasteiger charge is -2.27. The van der Waals surface area contributed by atoms with Crippen LogP contribution in [-0.2, 0) is 14.4 Å². The van der Waals surface area contributed by atoms with Crippen molar-refractivity contribution < 1.29 is 18.8 Å². The topological polar surface area (TPSA) is 66.5 Å². The number of nitrogens with one attached hydrogen (secondary N) is 1. The fourth-order valence-corrected chi connectivity index (χ4v) is 5.56. The van der Waals surface area contributed by atoms with E-state index in [0.717, 1.165) is 30.6 Å². The molecule has 1 N–H and O–H groups in total. The minimum absolute atomic E-state index is 0.166. The Kier molecular flexibility index (Phi) is 4.32. The molecule has 1 aromatic rings. The lowest BCUT2D eigenvalue weighted by molar-refractivity contribution is -0.144. The van der Waals surface area contributed by atoms with E-state index in [2.05, 4.69) is 19.2 Å². The molecule has 4 atom stereocenters. The Bertz CT molecular complexity index is 787. The lowest BCUT2D eigenvalue weighted by atomic mass is 9.81. The summed E-state index contributed by atoms with van der Waals surface area (Å²) in [5, 5.41) is 2.63. The summed E-state index contributed by atoms with van der Waals surface area (Å²) in [5.41, 5.74) is 0.605. The number of likely N-dealkylation sites (tertiary alicyclic amines) is 1. The Labute approximate surface area is 158 Å². The van der Waals surface area contributed by atoms with E-state index in [1.807, 2.05) is 0 Å². The molecule has 0 aromatic heterocycles. The normalized spacial score (nSPS) is 30.7. The third kappa shape index (κ3) is 2.77. The van der Waals surface area contributed by atoms with Gasteiger partial charge in [-0.05, 0) is 60.8 Å². The number of rotatable bonds is 5. The van der Waals surface area contributed by atoms with Crippen molar-refractivity contribution in [1.29, 1.82) is 0 Å². The highest BCUT2D eigenvalue weighted by atomic mass is 19.1. The van der Waals surface area contributed by atoms with Gasteiger partial charge in [0.1, 0.15) is 12.4 Å². The maximum atomic E-state index is 13.1. The van der Waals surface area contributed by atoms with Gasteiger partial charge in [0.15, 0.2) is 0 Å². The van der Waals surface area contributed by atoms with Gasteiger partial charge in [0, 0.05) is 5.69 Å². The Morgan fingerprint density at radius 2 is 1.81 bits per heavy atom. The van der Waals surface area contributed by atoms with Gasteiger partial charge in [0.2, 0.25) is 17.7 Å². The monoisotopic (exact) mass is 372 g/mol. The molecule has 3 aliphatic rings. The zero-order chi connectivity index (χ0) is 19.3. The first-order chi connectivity index (χ1) is 12.9. The van der Waals surface area contributed by atoms with Crippen LogP contribution in [-0.4, -0.2) is 29.2 Å². The number of carbonyl (C=O) groups is 3. The summed E-state index contributed by atoms with van der Waals surface area (Å²) in [6.07, 6.45) is 4.17. The van der Waals surface area contributed by atoms with E-state index >= 15 is 0 Å². The van der Waals surface area contributed by atoms with Gasteiger partial charge in [-0.1, -0.05) is 20.3 Å². The summed E-state index contributed by atoms with van der Waals surface area (Å²) in [6.45, 7) is 3.94. The summed E-state index contributed by atoms with van der Waals surface area (Å²) < 4.78 is 13.0. The van der Waals surface area contributed by atoms with E-state index in [1.54, 1.807) is 0 Å². The van der Waals surface area contributed by atoms with Crippen LogP contribution in [0.2, 0.25) is 0 Å². The number of hydrogen-bond acceptors (Lipinski definition) is 3. The third-order valence-corrected chi connectivity index (χ3v) is 6.96. The van der Waals surface area contributed by atoms with Crippen LogP contribution in [0, 0.1) is 34.9 Å². The van der Waals surface area contributed by atoms with Crippen LogP contribution in [0.5, 0.6) is 0 Å². The largest absolute Gasteiger partial charge is 0.325 e. The fourth-order valence-electron chi connectivity index (χ4n) is 5.56. The molecule has 1 aliphatic heterocycles. The van der Waals surface area contributed by atoms with Gasteiger partial charge in [-0.3, -0.25) is 19.3 Å². The summed E-state index contributed by atoms with van der Waals surface area (Å²) in [4.78, 5) is 39.5. The molecule has 3 fully saturated rings. The summed E-state index contributed by atoms with van der Waals surface area (Å²) in [5.74, 6) is -1.32. The van der Waals surface area contributed by atoms with E-state index in [9.17, 15) is 18.8 Å². The first-order valence-corrected chi connectivity index (χ1v) is 9.79. The Morgan fingerprint density at radius 3 is 2.41 bits per heavy atom. The number of imide groups is 1. The second-order valence-electron chi connectivity index (χ2n) is 8.29. The molecule has 3 amide bonds. The zero-order valence-electron chi connectivity index (χ0n) is 15.7. The maximum absolute atomic E-state index is 13.1. The average molecular weight is 372 g/mol. The number of hydrogen-bond donors (Lipinski definition) is 1. The van der Waals surface area contributed by atoms with Crippen LogP contribution in [0.3, 0.4) is 0 Å². The minimum atomic E-state index is -0.441. The molecule has 0 radical (unpaired) electrons. The van der Waals surface area contributed by atoms with Crippen LogP contribution < -0.4 is 5.32 Å². The molecular formula is C21H25FN2O3. The van der Waals surface area contributed by atoms with Crippen LogP contribution in [0.25, 0.3) is 0 Å². The Balaban J connectivity index is 1.49. The third-order valence-electron chi connectivity index (χ3n) is 6.96. The van der Waals surface area contributed by atoms with Gasteiger partial charge < -0.3 is 5.32 Å². The highest BCUT2D eigenvalue weighted by molar-refractivity contribution is 6.09. The van der Waals surface area contributed by atoms with Crippen molar-refractivity contribution in [2.45, 2.75) is 39.5 Å². The van der Waals surface area contributed by atoms with Gasteiger partial charge in [-0.2, -0.15) is 0 Å². The van der Waals surface area contributed by atoms with Gasteiger partial charge in [-0.15, -0.1) is 0 Å². The average Bonchev–Trinajstić information content (AvgIpc) is 3.36. The molecule has 1 spiro atoms. The summed E-state index contributed by atoms with van der Waals surface area (Å²) >= 11 is 0. The Hall–Kier alpha value is -2.24. The molecule has 6 heteroatoms. The van der Waals surface area contributed by atoms with E-state index < -0.39 is 11.7 Å². The van der Waals surface area contributed by atoms with Crippen LogP contribution in [0.15, 0.2) is 24.3 Å². The van der Waals surface area contributed by atoms with Gasteiger partial charge in [0.25, 0.3) is 0 Å². The summed E-state index contributed by atoms with van der Waals surface area (Å²) in [6, 6.07) is 5.40. The molecule has 2 saturated carbocycles. The van der Waals surface area contributed by atoms with Gasteiger partial charge >= 0.3 is 0 Å². The van der Waals surface area contributed by atoms with Crippen molar-refractivity contribution in [3.63, 3.8) is 0 Å². The second-order valence-corrected chi connectivity index (χ2v) is 8.29. The molecule has 4 unspecified atom stereocenters. The van der Waals surface area contributed by atoms with Crippen molar-refractivity contribution in [2.24, 2.45) is 29.1 Å². The number of benzene rings is 1. The van der Waals surface area contributed by atoms with Gasteiger partial charge in [-0.25, -0.2) is 4.39 Å².